The number of rotatable bonds is 11. The average molecular weight is 270 g/mol. The van der Waals surface area contributed by atoms with Crippen LogP contribution in [0.4, 0.5) is 0 Å². The van der Waals surface area contributed by atoms with Gasteiger partial charge < -0.3 is 9.90 Å². The Balaban J connectivity index is 0. The summed E-state index contributed by atoms with van der Waals surface area (Å²) in [4.78, 5) is 10.1. The van der Waals surface area contributed by atoms with E-state index in [1.54, 1.807) is 0 Å². The van der Waals surface area contributed by atoms with Crippen LogP contribution in [0.3, 0.4) is 0 Å². The normalized spacial score (nSPS) is 11.8. The minimum Gasteiger partial charge on any atom is -0.549 e. The Morgan fingerprint density at radius 2 is 1.47 bits per heavy atom. The molecule has 0 aromatic rings. The van der Waals surface area contributed by atoms with E-state index in [-0.39, 0.29) is 35.3 Å². The Morgan fingerprint density at radius 3 is 1.94 bits per heavy atom. The number of carbonyl (C=O) groups is 1. The van der Waals surface area contributed by atoms with Crippen LogP contribution in [0.25, 0.3) is 0 Å². The number of hydrogen-bond donors (Lipinski definition) is 0. The number of hydrogen-bond acceptors (Lipinski definition) is 3. The van der Waals surface area contributed by atoms with Crippen molar-refractivity contribution in [2.24, 2.45) is 0 Å². The predicted octanol–water partition coefficient (Wildman–Crippen LogP) is -1.37. The summed E-state index contributed by atoms with van der Waals surface area (Å²) in [7, 11) is -1.22. The molecule has 17 heavy (non-hydrogen) atoms. The zero-order valence-electron chi connectivity index (χ0n) is 11.2. The van der Waals surface area contributed by atoms with E-state index in [4.69, 9.17) is 0 Å². The van der Waals surface area contributed by atoms with Gasteiger partial charge in [-0.05, 0) is 6.42 Å². The third-order valence-electron chi connectivity index (χ3n) is 2.50. The van der Waals surface area contributed by atoms with E-state index in [1.165, 1.54) is 38.5 Å². The molecule has 1 atom stereocenters. The first kappa shape index (κ1) is 19.9. The minimum atomic E-state index is -1.22. The molecule has 0 heterocycles. The first-order valence-electron chi connectivity index (χ1n) is 6.21. The second kappa shape index (κ2) is 14.7. The van der Waals surface area contributed by atoms with Gasteiger partial charge in [-0.2, -0.15) is 0 Å². The minimum absolute atomic E-state index is 0. The third kappa shape index (κ3) is 16.6. The fourth-order valence-corrected chi connectivity index (χ4v) is 2.53. The maximum atomic E-state index is 11.1. The Morgan fingerprint density at radius 1 is 1.00 bits per heavy atom. The van der Waals surface area contributed by atoms with Crippen LogP contribution in [0.15, 0.2) is 0 Å². The number of aliphatic carboxylic acids is 1. The molecular formula is C12H23NaO3S. The molecule has 0 aromatic carbocycles. The van der Waals surface area contributed by atoms with E-state index < -0.39 is 16.8 Å². The van der Waals surface area contributed by atoms with Gasteiger partial charge in [-0.25, -0.2) is 0 Å². The molecule has 0 saturated carbocycles. The van der Waals surface area contributed by atoms with Crippen molar-refractivity contribution in [3.05, 3.63) is 0 Å². The summed E-state index contributed by atoms with van der Waals surface area (Å²) in [5.74, 6) is -1.02. The van der Waals surface area contributed by atoms with Gasteiger partial charge in [0.15, 0.2) is 0 Å². The van der Waals surface area contributed by atoms with E-state index in [0.717, 1.165) is 12.8 Å². The molecule has 5 heteroatoms. The summed E-state index contributed by atoms with van der Waals surface area (Å²) in [5.41, 5.74) is 0. The molecule has 0 spiro atoms. The molecule has 96 valence electrons. The van der Waals surface area contributed by atoms with E-state index in [2.05, 4.69) is 6.92 Å². The molecule has 0 saturated heterocycles. The van der Waals surface area contributed by atoms with E-state index >= 15 is 0 Å². The zero-order valence-corrected chi connectivity index (χ0v) is 14.0. The Labute approximate surface area is 129 Å². The molecule has 0 fully saturated rings. The SMILES string of the molecule is CCCCCCCCCCS(=O)CC(=O)[O-].[Na+]. The molecule has 3 nitrogen and oxygen atoms in total. The van der Waals surface area contributed by atoms with Crippen molar-refractivity contribution in [2.75, 3.05) is 11.5 Å². The molecule has 0 radical (unpaired) electrons. The maximum absolute atomic E-state index is 11.1. The maximum Gasteiger partial charge on any atom is 1.00 e. The molecule has 0 amide bonds. The fraction of sp³-hybridized carbons (Fsp3) is 0.917. The Hall–Kier alpha value is 0.620. The number of carboxylic acids is 1. The Bertz CT molecular complexity index is 210. The molecule has 0 aliphatic heterocycles. The summed E-state index contributed by atoms with van der Waals surface area (Å²) >= 11 is 0. The Kier molecular flexibility index (Phi) is 17.2. The number of unbranched alkanes of at least 4 members (excludes halogenated alkanes) is 7. The van der Waals surface area contributed by atoms with Crippen molar-refractivity contribution in [3.8, 4) is 0 Å². The molecule has 0 aliphatic carbocycles. The summed E-state index contributed by atoms with van der Waals surface area (Å²) in [6, 6.07) is 0. The first-order valence-corrected chi connectivity index (χ1v) is 7.70. The second-order valence-corrected chi connectivity index (χ2v) is 5.71. The molecule has 0 bridgehead atoms. The van der Waals surface area contributed by atoms with Crippen LogP contribution < -0.4 is 34.7 Å². The van der Waals surface area contributed by atoms with Crippen molar-refractivity contribution in [1.29, 1.82) is 0 Å². The van der Waals surface area contributed by atoms with Gasteiger partial charge in [0.1, 0.15) is 0 Å². The topological polar surface area (TPSA) is 57.2 Å². The smallest absolute Gasteiger partial charge is 0.549 e. The van der Waals surface area contributed by atoms with E-state index in [9.17, 15) is 14.1 Å². The molecule has 1 unspecified atom stereocenters. The van der Waals surface area contributed by atoms with Gasteiger partial charge in [0, 0.05) is 16.6 Å². The van der Waals surface area contributed by atoms with Crippen LogP contribution in [0.5, 0.6) is 0 Å². The molecular weight excluding hydrogens is 247 g/mol. The van der Waals surface area contributed by atoms with Gasteiger partial charge in [0.25, 0.3) is 0 Å². The van der Waals surface area contributed by atoms with Crippen molar-refractivity contribution in [3.63, 3.8) is 0 Å². The van der Waals surface area contributed by atoms with Gasteiger partial charge in [-0.1, -0.05) is 51.9 Å². The van der Waals surface area contributed by atoms with Crippen LogP contribution in [0, 0.1) is 0 Å². The van der Waals surface area contributed by atoms with Crippen LogP contribution in [0.1, 0.15) is 58.3 Å². The van der Waals surface area contributed by atoms with Crippen LogP contribution in [-0.4, -0.2) is 21.7 Å². The van der Waals surface area contributed by atoms with Gasteiger partial charge in [0.05, 0.1) is 11.7 Å². The van der Waals surface area contributed by atoms with Gasteiger partial charge >= 0.3 is 29.6 Å². The number of carboxylic acid groups (broad SMARTS) is 1. The predicted molar refractivity (Wildman–Crippen MR) is 65.5 cm³/mol. The van der Waals surface area contributed by atoms with Crippen molar-refractivity contribution < 1.29 is 43.7 Å². The van der Waals surface area contributed by atoms with Crippen molar-refractivity contribution >= 4 is 16.8 Å². The van der Waals surface area contributed by atoms with E-state index in [0.29, 0.717) is 5.75 Å². The summed E-state index contributed by atoms with van der Waals surface area (Å²) < 4.78 is 11.1. The largest absolute Gasteiger partial charge is 1.00 e. The zero-order chi connectivity index (χ0) is 12.2. The fourth-order valence-electron chi connectivity index (χ4n) is 1.60. The standard InChI is InChI=1S/C12H24O3S.Na/c1-2-3-4-5-6-7-8-9-10-16(15)11-12(13)14;/h2-11H2,1H3,(H,13,14);/q;+1/p-1. The molecule has 0 rings (SSSR count). The van der Waals surface area contributed by atoms with Crippen molar-refractivity contribution in [2.45, 2.75) is 58.3 Å². The van der Waals surface area contributed by atoms with Crippen LogP contribution in [0.2, 0.25) is 0 Å². The first-order chi connectivity index (χ1) is 7.66. The van der Waals surface area contributed by atoms with Crippen molar-refractivity contribution in [1.82, 2.24) is 0 Å². The number of carbonyl (C=O) groups excluding carboxylic acids is 1. The molecule has 0 N–H and O–H groups in total. The monoisotopic (exact) mass is 270 g/mol. The second-order valence-electron chi connectivity index (χ2n) is 4.14. The van der Waals surface area contributed by atoms with Crippen LogP contribution in [-0.2, 0) is 15.6 Å². The average Bonchev–Trinajstić information content (AvgIpc) is 2.21. The summed E-state index contributed by atoms with van der Waals surface area (Å²) in [6.45, 7) is 2.20. The van der Waals surface area contributed by atoms with Gasteiger partial charge in [0.2, 0.25) is 0 Å². The quantitative estimate of drug-likeness (QED) is 0.344. The summed E-state index contributed by atoms with van der Waals surface area (Å²) in [6.07, 6.45) is 9.53. The molecule has 0 aromatic heterocycles. The van der Waals surface area contributed by atoms with Gasteiger partial charge in [-0.3, -0.25) is 4.21 Å². The van der Waals surface area contributed by atoms with Gasteiger partial charge in [-0.15, -0.1) is 0 Å². The van der Waals surface area contributed by atoms with Crippen LogP contribution >= 0.6 is 0 Å². The third-order valence-corrected chi connectivity index (χ3v) is 3.81. The summed E-state index contributed by atoms with van der Waals surface area (Å²) in [5, 5.41) is 10.1. The van der Waals surface area contributed by atoms with E-state index in [1.807, 2.05) is 0 Å². The molecule has 0 aliphatic rings.